The van der Waals surface area contributed by atoms with Crippen LogP contribution in [0.3, 0.4) is 0 Å². The molecule has 2 aromatic carbocycles. The molecule has 0 fully saturated rings. The van der Waals surface area contributed by atoms with Crippen molar-refractivity contribution in [2.24, 2.45) is 5.92 Å². The first-order chi connectivity index (χ1) is 16.3. The van der Waals surface area contributed by atoms with Gasteiger partial charge in [0.2, 0.25) is 5.91 Å². The van der Waals surface area contributed by atoms with E-state index in [-0.39, 0.29) is 30.3 Å². The number of nitrogens with zero attached hydrogens (tertiary/aromatic N) is 2. The normalized spacial score (nSPS) is 15.4. The molecule has 178 valence electrons. The molecule has 0 spiro atoms. The molecule has 0 aliphatic carbocycles. The molecule has 1 atom stereocenters. The number of carbonyl (C=O) groups excluding carboxylic acids is 2. The van der Waals surface area contributed by atoms with E-state index in [1.54, 1.807) is 34.4 Å². The van der Waals surface area contributed by atoms with E-state index in [4.69, 9.17) is 23.2 Å². The minimum Gasteiger partial charge on any atom is -0.330 e. The molecular formula is C26H25BrCl2N2O2S. The van der Waals surface area contributed by atoms with Crippen molar-refractivity contribution in [2.75, 3.05) is 19.6 Å². The molecule has 1 unspecified atom stereocenters. The molecule has 0 bridgehead atoms. The van der Waals surface area contributed by atoms with Crippen molar-refractivity contribution in [1.82, 2.24) is 9.80 Å². The molecule has 8 heteroatoms. The first-order valence-electron chi connectivity index (χ1n) is 11.1. The van der Waals surface area contributed by atoms with Gasteiger partial charge < -0.3 is 9.80 Å². The van der Waals surface area contributed by atoms with Crippen LogP contribution in [0.5, 0.6) is 0 Å². The van der Waals surface area contributed by atoms with E-state index in [0.29, 0.717) is 33.2 Å². The third-order valence-electron chi connectivity index (χ3n) is 5.85. The Morgan fingerprint density at radius 1 is 1.15 bits per heavy atom. The van der Waals surface area contributed by atoms with Gasteiger partial charge in [-0.05, 0) is 75.1 Å². The molecule has 2 heterocycles. The van der Waals surface area contributed by atoms with E-state index in [0.717, 1.165) is 17.5 Å². The SMILES string of the molecule is CC(C)CN(CC(=O)N1CCc2sccc2C1c1ccc(Cl)cc1Cl)C(=O)c1ccccc1Br. The van der Waals surface area contributed by atoms with Gasteiger partial charge in [0.25, 0.3) is 5.91 Å². The lowest BCUT2D eigenvalue weighted by Crippen LogP contribution is -2.47. The maximum absolute atomic E-state index is 13.8. The highest BCUT2D eigenvalue weighted by Gasteiger charge is 2.35. The minimum absolute atomic E-state index is 0.000469. The number of fused-ring (bicyclic) bond motifs is 1. The number of thiophene rings is 1. The number of hydrogen-bond donors (Lipinski definition) is 0. The smallest absolute Gasteiger partial charge is 0.255 e. The first kappa shape index (κ1) is 25.2. The zero-order valence-corrected chi connectivity index (χ0v) is 22.8. The molecule has 2 amide bonds. The summed E-state index contributed by atoms with van der Waals surface area (Å²) in [4.78, 5) is 31.9. The second-order valence-corrected chi connectivity index (χ2v) is 11.5. The summed E-state index contributed by atoms with van der Waals surface area (Å²) >= 11 is 17.9. The van der Waals surface area contributed by atoms with Gasteiger partial charge in [0.05, 0.1) is 11.6 Å². The molecule has 0 saturated carbocycles. The molecular weight excluding hydrogens is 555 g/mol. The highest BCUT2D eigenvalue weighted by molar-refractivity contribution is 9.10. The van der Waals surface area contributed by atoms with Crippen molar-refractivity contribution in [3.05, 3.63) is 90.0 Å². The number of carbonyl (C=O) groups is 2. The molecule has 3 aromatic rings. The van der Waals surface area contributed by atoms with Gasteiger partial charge in [0.1, 0.15) is 6.54 Å². The number of rotatable bonds is 6. The van der Waals surface area contributed by atoms with Crippen LogP contribution in [0.1, 0.15) is 46.3 Å². The summed E-state index contributed by atoms with van der Waals surface area (Å²) in [7, 11) is 0. The summed E-state index contributed by atoms with van der Waals surface area (Å²) in [6.07, 6.45) is 0.781. The van der Waals surface area contributed by atoms with E-state index in [9.17, 15) is 9.59 Å². The fraction of sp³-hybridized carbons (Fsp3) is 0.308. The van der Waals surface area contributed by atoms with Crippen LogP contribution >= 0.6 is 50.5 Å². The van der Waals surface area contributed by atoms with Crippen molar-refractivity contribution in [3.8, 4) is 0 Å². The Morgan fingerprint density at radius 3 is 2.62 bits per heavy atom. The number of benzene rings is 2. The lowest BCUT2D eigenvalue weighted by molar-refractivity contribution is -0.134. The van der Waals surface area contributed by atoms with Gasteiger partial charge in [-0.2, -0.15) is 0 Å². The van der Waals surface area contributed by atoms with Gasteiger partial charge in [0, 0.05) is 32.5 Å². The predicted octanol–water partition coefficient (Wildman–Crippen LogP) is 7.09. The van der Waals surface area contributed by atoms with Crippen molar-refractivity contribution in [1.29, 1.82) is 0 Å². The Morgan fingerprint density at radius 2 is 1.91 bits per heavy atom. The molecule has 1 aliphatic rings. The fourth-order valence-corrected chi connectivity index (χ4v) is 6.23. The van der Waals surface area contributed by atoms with E-state index in [2.05, 4.69) is 27.4 Å². The van der Waals surface area contributed by atoms with Gasteiger partial charge in [-0.1, -0.05) is 55.2 Å². The molecule has 0 radical (unpaired) electrons. The second-order valence-electron chi connectivity index (χ2n) is 8.76. The van der Waals surface area contributed by atoms with Crippen LogP contribution in [0.2, 0.25) is 10.0 Å². The first-order valence-corrected chi connectivity index (χ1v) is 13.5. The van der Waals surface area contributed by atoms with Crippen LogP contribution < -0.4 is 0 Å². The van der Waals surface area contributed by atoms with E-state index < -0.39 is 0 Å². The number of hydrogen-bond acceptors (Lipinski definition) is 3. The van der Waals surface area contributed by atoms with Crippen LogP contribution in [0.15, 0.2) is 58.4 Å². The molecule has 0 N–H and O–H groups in total. The van der Waals surface area contributed by atoms with Crippen LogP contribution in [0.4, 0.5) is 0 Å². The van der Waals surface area contributed by atoms with Gasteiger partial charge in [0.15, 0.2) is 0 Å². The molecule has 4 rings (SSSR count). The zero-order valence-electron chi connectivity index (χ0n) is 18.9. The largest absolute Gasteiger partial charge is 0.330 e. The maximum atomic E-state index is 13.8. The summed E-state index contributed by atoms with van der Waals surface area (Å²) in [6, 6.07) is 14.5. The van der Waals surface area contributed by atoms with Crippen molar-refractivity contribution < 1.29 is 9.59 Å². The highest BCUT2D eigenvalue weighted by atomic mass is 79.9. The van der Waals surface area contributed by atoms with Gasteiger partial charge in [-0.25, -0.2) is 0 Å². The Labute approximate surface area is 222 Å². The lowest BCUT2D eigenvalue weighted by Gasteiger charge is -2.38. The third-order valence-corrected chi connectivity index (χ3v) is 8.10. The fourth-order valence-electron chi connectivity index (χ4n) is 4.36. The summed E-state index contributed by atoms with van der Waals surface area (Å²) in [5.41, 5.74) is 2.47. The Balaban J connectivity index is 1.66. The molecule has 34 heavy (non-hydrogen) atoms. The molecule has 1 aromatic heterocycles. The van der Waals surface area contributed by atoms with Gasteiger partial charge in [-0.15, -0.1) is 11.3 Å². The van der Waals surface area contributed by atoms with Crippen LogP contribution in [0.25, 0.3) is 0 Å². The number of amides is 2. The molecule has 4 nitrogen and oxygen atoms in total. The van der Waals surface area contributed by atoms with E-state index in [1.807, 2.05) is 43.0 Å². The average Bonchev–Trinajstić information content (AvgIpc) is 3.27. The van der Waals surface area contributed by atoms with Crippen molar-refractivity contribution in [2.45, 2.75) is 26.3 Å². The minimum atomic E-state index is -0.313. The highest BCUT2D eigenvalue weighted by Crippen LogP contribution is 2.41. The van der Waals surface area contributed by atoms with Crippen LogP contribution in [-0.2, 0) is 11.2 Å². The second kappa shape index (κ2) is 10.8. The zero-order chi connectivity index (χ0) is 24.4. The lowest BCUT2D eigenvalue weighted by atomic mass is 9.93. The topological polar surface area (TPSA) is 40.6 Å². The number of halogens is 3. The van der Waals surface area contributed by atoms with Crippen LogP contribution in [0, 0.1) is 5.92 Å². The van der Waals surface area contributed by atoms with E-state index >= 15 is 0 Å². The monoisotopic (exact) mass is 578 g/mol. The maximum Gasteiger partial charge on any atom is 0.255 e. The standard InChI is InChI=1S/C26H25BrCl2N2O2S/c1-16(2)14-30(26(33)18-5-3-4-6-21(18)27)15-24(32)31-11-9-23-20(10-12-34-23)25(31)19-8-7-17(28)13-22(19)29/h3-8,10,12-13,16,25H,9,11,14-15H2,1-2H3. The Hall–Kier alpha value is -1.86. The van der Waals surface area contributed by atoms with Crippen LogP contribution in [-0.4, -0.2) is 41.2 Å². The third kappa shape index (κ3) is 5.35. The van der Waals surface area contributed by atoms with E-state index in [1.165, 1.54) is 4.88 Å². The summed E-state index contributed by atoms with van der Waals surface area (Å²) in [6.45, 7) is 5.13. The van der Waals surface area contributed by atoms with Crippen molar-refractivity contribution >= 4 is 62.3 Å². The summed E-state index contributed by atoms with van der Waals surface area (Å²) in [5, 5.41) is 3.13. The van der Waals surface area contributed by atoms with Crippen molar-refractivity contribution in [3.63, 3.8) is 0 Å². The molecule has 0 saturated heterocycles. The molecule has 1 aliphatic heterocycles. The van der Waals surface area contributed by atoms with Gasteiger partial charge in [-0.3, -0.25) is 9.59 Å². The average molecular weight is 580 g/mol. The summed E-state index contributed by atoms with van der Waals surface area (Å²) < 4.78 is 0.716. The predicted molar refractivity (Wildman–Crippen MR) is 143 cm³/mol. The summed E-state index contributed by atoms with van der Waals surface area (Å²) in [5.74, 6) is -0.0525. The Kier molecular flexibility index (Phi) is 8.03. The quantitative estimate of drug-likeness (QED) is 0.313. The van der Waals surface area contributed by atoms with Gasteiger partial charge >= 0.3 is 0 Å². The Bertz CT molecular complexity index is 1210.